The minimum absolute atomic E-state index is 0.0123. The van der Waals surface area contributed by atoms with Crippen LogP contribution in [0.3, 0.4) is 0 Å². The Morgan fingerprint density at radius 3 is 2.59 bits per heavy atom. The normalized spacial score (nSPS) is 10.5. The summed E-state index contributed by atoms with van der Waals surface area (Å²) in [6.07, 6.45) is 1.41. The zero-order valence-electron chi connectivity index (χ0n) is 12.5. The van der Waals surface area contributed by atoms with Crippen LogP contribution in [0, 0.1) is 10.1 Å². The van der Waals surface area contributed by atoms with Crippen LogP contribution in [0.15, 0.2) is 29.1 Å². The highest BCUT2D eigenvalue weighted by molar-refractivity contribution is 5.61. The molecule has 1 heterocycles. The molecular formula is C15H18N4O3. The van der Waals surface area contributed by atoms with Gasteiger partial charge in [0.1, 0.15) is 5.69 Å². The van der Waals surface area contributed by atoms with Crippen molar-refractivity contribution in [3.8, 4) is 0 Å². The Morgan fingerprint density at radius 2 is 1.95 bits per heavy atom. The topological polar surface area (TPSA) is 101 Å². The van der Waals surface area contributed by atoms with Gasteiger partial charge in [0.2, 0.25) is 0 Å². The number of H-pyrrole nitrogens is 1. The third-order valence-electron chi connectivity index (χ3n) is 3.52. The molecule has 7 nitrogen and oxygen atoms in total. The summed E-state index contributed by atoms with van der Waals surface area (Å²) in [6.45, 7) is 4.15. The number of rotatable bonds is 6. The average molecular weight is 302 g/mol. The molecule has 2 aromatic rings. The molecule has 0 spiro atoms. The number of aryl methyl sites for hydroxylation is 1. The largest absolute Gasteiger partial charge is 0.375 e. The van der Waals surface area contributed by atoms with E-state index in [4.69, 9.17) is 0 Å². The summed E-state index contributed by atoms with van der Waals surface area (Å²) < 4.78 is 0. The molecule has 0 unspecified atom stereocenters. The Hall–Kier alpha value is -2.70. The van der Waals surface area contributed by atoms with E-state index in [0.717, 1.165) is 17.7 Å². The van der Waals surface area contributed by atoms with Gasteiger partial charge in [-0.3, -0.25) is 14.9 Å². The second kappa shape index (κ2) is 6.84. The quantitative estimate of drug-likeness (QED) is 0.630. The predicted octanol–water partition coefficient (Wildman–Crippen LogP) is 2.42. The molecule has 0 atom stereocenters. The Morgan fingerprint density at radius 1 is 1.23 bits per heavy atom. The second-order valence-corrected chi connectivity index (χ2v) is 4.79. The van der Waals surface area contributed by atoms with E-state index in [2.05, 4.69) is 15.5 Å². The summed E-state index contributed by atoms with van der Waals surface area (Å²) in [6, 6.07) is 6.37. The molecule has 2 N–H and O–H groups in total. The van der Waals surface area contributed by atoms with E-state index in [9.17, 15) is 14.9 Å². The minimum atomic E-state index is -0.447. The molecule has 22 heavy (non-hydrogen) atoms. The van der Waals surface area contributed by atoms with Crippen LogP contribution < -0.4 is 10.9 Å². The number of aromatic amines is 1. The molecule has 0 radical (unpaired) electrons. The lowest BCUT2D eigenvalue weighted by atomic mass is 10.0. The number of hydrogen-bond acceptors (Lipinski definition) is 5. The summed E-state index contributed by atoms with van der Waals surface area (Å²) >= 11 is 0. The Kier molecular flexibility index (Phi) is 4.88. The van der Waals surface area contributed by atoms with Crippen LogP contribution in [-0.2, 0) is 19.4 Å². The summed E-state index contributed by atoms with van der Waals surface area (Å²) in [7, 11) is 0. The van der Waals surface area contributed by atoms with Gasteiger partial charge in [-0.05, 0) is 24.5 Å². The van der Waals surface area contributed by atoms with E-state index < -0.39 is 4.92 Å². The fourth-order valence-electron chi connectivity index (χ4n) is 2.43. The summed E-state index contributed by atoms with van der Waals surface area (Å²) in [4.78, 5) is 22.6. The molecule has 0 bridgehead atoms. The van der Waals surface area contributed by atoms with Crippen molar-refractivity contribution in [1.82, 2.24) is 10.2 Å². The van der Waals surface area contributed by atoms with Gasteiger partial charge in [0.15, 0.2) is 0 Å². The van der Waals surface area contributed by atoms with Crippen molar-refractivity contribution in [2.75, 3.05) is 5.32 Å². The standard InChI is InChI=1S/C15H18N4O3/c1-3-10-11(15(20)18-17-12(10)4-2)9-16-13-7-5-6-8-14(13)19(21)22/h5-8,16H,3-4,9H2,1-2H3,(H,18,20). The molecule has 116 valence electrons. The lowest BCUT2D eigenvalue weighted by molar-refractivity contribution is -0.384. The average Bonchev–Trinajstić information content (AvgIpc) is 2.53. The third kappa shape index (κ3) is 3.13. The van der Waals surface area contributed by atoms with E-state index in [1.54, 1.807) is 18.2 Å². The molecule has 0 saturated carbocycles. The van der Waals surface area contributed by atoms with Crippen molar-refractivity contribution in [2.24, 2.45) is 0 Å². The first-order valence-electron chi connectivity index (χ1n) is 7.15. The van der Waals surface area contributed by atoms with Crippen molar-refractivity contribution >= 4 is 11.4 Å². The van der Waals surface area contributed by atoms with Gasteiger partial charge < -0.3 is 5.32 Å². The fourth-order valence-corrected chi connectivity index (χ4v) is 2.43. The smallest absolute Gasteiger partial charge is 0.292 e. The molecule has 2 rings (SSSR count). The Bertz CT molecular complexity index is 740. The van der Waals surface area contributed by atoms with Gasteiger partial charge in [0.05, 0.1) is 10.6 Å². The number of nitro benzene ring substituents is 1. The van der Waals surface area contributed by atoms with Gasteiger partial charge in [-0.2, -0.15) is 5.10 Å². The lowest BCUT2D eigenvalue weighted by Gasteiger charge is -2.12. The fraction of sp³-hybridized carbons (Fsp3) is 0.333. The monoisotopic (exact) mass is 302 g/mol. The van der Waals surface area contributed by atoms with E-state index in [1.807, 2.05) is 13.8 Å². The minimum Gasteiger partial charge on any atom is -0.375 e. The molecule has 0 aliphatic rings. The van der Waals surface area contributed by atoms with Crippen LogP contribution in [-0.4, -0.2) is 15.1 Å². The maximum atomic E-state index is 12.0. The molecule has 1 aromatic heterocycles. The number of hydrogen-bond donors (Lipinski definition) is 2. The van der Waals surface area contributed by atoms with Gasteiger partial charge >= 0.3 is 0 Å². The van der Waals surface area contributed by atoms with Gasteiger partial charge in [0, 0.05) is 18.2 Å². The number of benzene rings is 1. The summed E-state index contributed by atoms with van der Waals surface area (Å²) in [5, 5.41) is 20.5. The first kappa shape index (κ1) is 15.7. The van der Waals surface area contributed by atoms with Crippen molar-refractivity contribution in [1.29, 1.82) is 0 Å². The Labute approximate surface area is 127 Å². The number of nitrogens with zero attached hydrogens (tertiary/aromatic N) is 2. The van der Waals surface area contributed by atoms with Crippen LogP contribution in [0.5, 0.6) is 0 Å². The number of anilines is 1. The van der Waals surface area contributed by atoms with E-state index in [0.29, 0.717) is 17.7 Å². The highest BCUT2D eigenvalue weighted by atomic mass is 16.6. The van der Waals surface area contributed by atoms with Crippen molar-refractivity contribution in [2.45, 2.75) is 33.2 Å². The van der Waals surface area contributed by atoms with Crippen LogP contribution >= 0.6 is 0 Å². The van der Waals surface area contributed by atoms with Crippen LogP contribution in [0.1, 0.15) is 30.7 Å². The van der Waals surface area contributed by atoms with Gasteiger partial charge in [-0.15, -0.1) is 0 Å². The predicted molar refractivity (Wildman–Crippen MR) is 84.0 cm³/mol. The molecule has 0 aliphatic carbocycles. The van der Waals surface area contributed by atoms with Crippen molar-refractivity contribution < 1.29 is 4.92 Å². The summed E-state index contributed by atoms with van der Waals surface area (Å²) in [5.41, 5.74) is 2.44. The zero-order chi connectivity index (χ0) is 16.1. The molecule has 0 amide bonds. The van der Waals surface area contributed by atoms with Gasteiger partial charge in [-0.25, -0.2) is 5.10 Å². The maximum absolute atomic E-state index is 12.0. The molecule has 0 fully saturated rings. The SMILES string of the molecule is CCc1n[nH]c(=O)c(CNc2ccccc2[N+](=O)[O-])c1CC. The zero-order valence-corrected chi connectivity index (χ0v) is 12.5. The van der Waals surface area contributed by atoms with E-state index in [-0.39, 0.29) is 17.8 Å². The van der Waals surface area contributed by atoms with E-state index >= 15 is 0 Å². The maximum Gasteiger partial charge on any atom is 0.292 e. The first-order valence-corrected chi connectivity index (χ1v) is 7.15. The number of para-hydroxylation sites is 2. The van der Waals surface area contributed by atoms with Crippen LogP contribution in [0.2, 0.25) is 0 Å². The first-order chi connectivity index (χ1) is 10.6. The van der Waals surface area contributed by atoms with Crippen LogP contribution in [0.25, 0.3) is 0 Å². The van der Waals surface area contributed by atoms with Crippen LogP contribution in [0.4, 0.5) is 11.4 Å². The molecule has 0 aliphatic heterocycles. The van der Waals surface area contributed by atoms with Crippen molar-refractivity contribution in [3.63, 3.8) is 0 Å². The summed E-state index contributed by atoms with van der Waals surface area (Å²) in [5.74, 6) is 0. The molecular weight excluding hydrogens is 284 g/mol. The molecule has 0 saturated heterocycles. The lowest BCUT2D eigenvalue weighted by Crippen LogP contribution is -2.22. The van der Waals surface area contributed by atoms with Gasteiger partial charge in [0.25, 0.3) is 11.2 Å². The molecule has 7 heteroatoms. The molecule has 1 aromatic carbocycles. The van der Waals surface area contributed by atoms with Crippen molar-refractivity contribution in [3.05, 3.63) is 61.6 Å². The highest BCUT2D eigenvalue weighted by Gasteiger charge is 2.15. The second-order valence-electron chi connectivity index (χ2n) is 4.79. The van der Waals surface area contributed by atoms with Gasteiger partial charge in [-0.1, -0.05) is 26.0 Å². The highest BCUT2D eigenvalue weighted by Crippen LogP contribution is 2.24. The van der Waals surface area contributed by atoms with E-state index in [1.165, 1.54) is 6.07 Å². The number of nitro groups is 1. The Balaban J connectivity index is 2.33. The number of nitrogens with one attached hydrogen (secondary N) is 2. The number of aromatic nitrogens is 2. The third-order valence-corrected chi connectivity index (χ3v) is 3.52.